The molecule has 6 aromatic heterocycles. The van der Waals surface area contributed by atoms with Crippen LogP contribution >= 0.6 is 0 Å². The molecule has 0 bridgehead atoms. The van der Waals surface area contributed by atoms with Crippen LogP contribution in [0.3, 0.4) is 0 Å². The van der Waals surface area contributed by atoms with Crippen LogP contribution in [-0.2, 0) is 0 Å². The third kappa shape index (κ3) is 6.31. The van der Waals surface area contributed by atoms with Gasteiger partial charge in [0.15, 0.2) is 28.6 Å². The summed E-state index contributed by atoms with van der Waals surface area (Å²) in [6.07, 6.45) is 1.98. The number of pyridine rings is 1. The molecular weight excluding hydrogens is 933 g/mol. The fourth-order valence-electron chi connectivity index (χ4n) is 11.7. The number of hydrogen-bond donors (Lipinski definition) is 0. The number of rotatable bonds is 7. The van der Waals surface area contributed by atoms with E-state index in [4.69, 9.17) is 28.8 Å². The molecule has 0 N–H and O–H groups in total. The lowest BCUT2D eigenvalue weighted by Crippen LogP contribution is -2.02. The normalized spacial score (nSPS) is 11.9. The third-order valence-corrected chi connectivity index (χ3v) is 15.0. The van der Waals surface area contributed by atoms with Crippen molar-refractivity contribution in [1.29, 1.82) is 0 Å². The van der Waals surface area contributed by atoms with Crippen LogP contribution in [0.1, 0.15) is 0 Å². The van der Waals surface area contributed by atoms with Crippen LogP contribution in [0.5, 0.6) is 0 Å². The minimum atomic E-state index is 0.492. The monoisotopic (exact) mass is 972 g/mol. The Morgan fingerprint density at radius 2 is 0.750 bits per heavy atom. The summed E-state index contributed by atoms with van der Waals surface area (Å²) in [5.41, 5.74) is 15.5. The fourth-order valence-corrected chi connectivity index (χ4v) is 11.7. The Morgan fingerprint density at radius 3 is 1.28 bits per heavy atom. The minimum absolute atomic E-state index is 0.492. The van der Waals surface area contributed by atoms with Crippen LogP contribution < -0.4 is 0 Å². The zero-order valence-electron chi connectivity index (χ0n) is 40.6. The summed E-state index contributed by atoms with van der Waals surface area (Å²) >= 11 is 0. The van der Waals surface area contributed by atoms with E-state index in [0.717, 1.165) is 127 Å². The van der Waals surface area contributed by atoms with Gasteiger partial charge in [0.1, 0.15) is 11.2 Å². The maximum atomic E-state index is 7.08. The van der Waals surface area contributed by atoms with Gasteiger partial charge in [0.2, 0.25) is 0 Å². The Balaban J connectivity index is 0.976. The van der Waals surface area contributed by atoms with Crippen molar-refractivity contribution in [1.82, 2.24) is 29.1 Å². The number of nitrogens with zero attached hydrogens (tertiary/aromatic N) is 6. The number of hydrogen-bond acceptors (Lipinski definition) is 6. The molecule has 0 amide bonds. The van der Waals surface area contributed by atoms with E-state index in [1.54, 1.807) is 0 Å². The molecule has 0 aliphatic heterocycles. The van der Waals surface area contributed by atoms with E-state index in [-0.39, 0.29) is 0 Å². The van der Waals surface area contributed by atoms with E-state index in [2.05, 4.69) is 185 Å². The van der Waals surface area contributed by atoms with Gasteiger partial charge in [0.25, 0.3) is 0 Å². The van der Waals surface area contributed by atoms with Crippen molar-refractivity contribution in [2.75, 3.05) is 0 Å². The van der Waals surface area contributed by atoms with Gasteiger partial charge in [0.05, 0.1) is 27.8 Å². The van der Waals surface area contributed by atoms with Crippen LogP contribution in [0.2, 0.25) is 0 Å². The minimum Gasteiger partial charge on any atom is -0.454 e. The molecule has 0 fully saturated rings. The van der Waals surface area contributed by atoms with E-state index in [1.807, 2.05) is 66.9 Å². The Labute approximate surface area is 434 Å². The number of fused-ring (bicyclic) bond motifs is 14. The lowest BCUT2D eigenvalue weighted by molar-refractivity contribution is 0.671. The molecule has 0 aliphatic rings. The molecule has 6 heterocycles. The van der Waals surface area contributed by atoms with Crippen molar-refractivity contribution < 1.29 is 8.83 Å². The number of furan rings is 2. The molecular formula is C68H40N6O2. The Morgan fingerprint density at radius 1 is 0.316 bits per heavy atom. The predicted octanol–water partition coefficient (Wildman–Crippen LogP) is 17.6. The average molecular weight is 973 g/mol. The highest BCUT2D eigenvalue weighted by atomic mass is 16.3. The lowest BCUT2D eigenvalue weighted by Gasteiger charge is -2.14. The van der Waals surface area contributed by atoms with Gasteiger partial charge < -0.3 is 18.0 Å². The summed E-state index contributed by atoms with van der Waals surface area (Å²) < 4.78 is 18.8. The molecule has 0 spiro atoms. The van der Waals surface area contributed by atoms with Crippen molar-refractivity contribution in [2.24, 2.45) is 0 Å². The van der Waals surface area contributed by atoms with Crippen molar-refractivity contribution in [2.45, 2.75) is 0 Å². The molecule has 8 heteroatoms. The van der Waals surface area contributed by atoms with Crippen molar-refractivity contribution >= 4 is 87.5 Å². The highest BCUT2D eigenvalue weighted by molar-refractivity contribution is 6.25. The van der Waals surface area contributed by atoms with Gasteiger partial charge in [-0.15, -0.1) is 0 Å². The quantitative estimate of drug-likeness (QED) is 0.158. The first kappa shape index (κ1) is 42.1. The smallest absolute Gasteiger partial charge is 0.166 e. The first-order valence-corrected chi connectivity index (χ1v) is 25.5. The van der Waals surface area contributed by atoms with Gasteiger partial charge in [0, 0.05) is 88.5 Å². The molecule has 0 unspecified atom stereocenters. The first-order chi connectivity index (χ1) is 37.7. The maximum absolute atomic E-state index is 7.08. The SMILES string of the molecule is c1ccc(-c2nc(-c3ccccc3)nc(-c3cc(-c4cccc5oc6c(ccc7c8ccccc8n(-c8ccccc8)c76)c45)cnc3-c3cccc4oc5c(ccc6c7ccccc7n(-c7ccccc7)c65)c34)n2)cc1. The van der Waals surface area contributed by atoms with E-state index in [0.29, 0.717) is 23.2 Å². The van der Waals surface area contributed by atoms with Crippen molar-refractivity contribution in [3.63, 3.8) is 0 Å². The number of aromatic nitrogens is 6. The van der Waals surface area contributed by atoms with E-state index in [1.165, 1.54) is 5.39 Å². The molecule has 16 rings (SSSR count). The molecule has 16 aromatic rings. The largest absolute Gasteiger partial charge is 0.454 e. The fraction of sp³-hybridized carbons (Fsp3) is 0. The van der Waals surface area contributed by atoms with Gasteiger partial charge in [-0.2, -0.15) is 0 Å². The second-order valence-electron chi connectivity index (χ2n) is 19.3. The third-order valence-electron chi connectivity index (χ3n) is 15.0. The van der Waals surface area contributed by atoms with Crippen molar-refractivity contribution in [3.8, 4) is 67.9 Å². The summed E-state index contributed by atoms with van der Waals surface area (Å²) in [5, 5.41) is 8.51. The number of para-hydroxylation sites is 4. The molecule has 10 aromatic carbocycles. The summed E-state index contributed by atoms with van der Waals surface area (Å²) in [6, 6.07) is 82.0. The van der Waals surface area contributed by atoms with Crippen LogP contribution in [0.25, 0.3) is 155 Å². The zero-order chi connectivity index (χ0) is 49.8. The van der Waals surface area contributed by atoms with E-state index in [9.17, 15) is 0 Å². The molecule has 76 heavy (non-hydrogen) atoms. The van der Waals surface area contributed by atoms with Gasteiger partial charge in [-0.05, 0) is 72.3 Å². The zero-order valence-corrected chi connectivity index (χ0v) is 40.6. The second kappa shape index (κ2) is 16.5. The second-order valence-corrected chi connectivity index (χ2v) is 19.3. The van der Waals surface area contributed by atoms with E-state index >= 15 is 0 Å². The first-order valence-electron chi connectivity index (χ1n) is 25.5. The van der Waals surface area contributed by atoms with Crippen LogP contribution in [0.4, 0.5) is 0 Å². The Kier molecular flexibility index (Phi) is 9.17. The Bertz CT molecular complexity index is 4920. The molecule has 0 saturated heterocycles. The lowest BCUT2D eigenvalue weighted by atomic mass is 9.95. The molecule has 0 aliphatic carbocycles. The molecule has 354 valence electrons. The average Bonchev–Trinajstić information content (AvgIpc) is 4.33. The van der Waals surface area contributed by atoms with Crippen LogP contribution in [0, 0.1) is 0 Å². The van der Waals surface area contributed by atoms with E-state index < -0.39 is 0 Å². The van der Waals surface area contributed by atoms with Crippen LogP contribution in [-0.4, -0.2) is 29.1 Å². The maximum Gasteiger partial charge on any atom is 0.166 e. The molecule has 0 radical (unpaired) electrons. The molecule has 0 saturated carbocycles. The van der Waals surface area contributed by atoms with Gasteiger partial charge in [-0.1, -0.05) is 170 Å². The summed E-state index contributed by atoms with van der Waals surface area (Å²) in [6.45, 7) is 0. The Hall–Kier alpha value is -10.4. The van der Waals surface area contributed by atoms with Gasteiger partial charge >= 0.3 is 0 Å². The van der Waals surface area contributed by atoms with Gasteiger partial charge in [-0.3, -0.25) is 4.98 Å². The standard InChI is InChI=1S/C68H40N6O2/c1-5-19-41(20-6-1)66-70-67(42-21-7-2-8-22-42)72-68(71-66)54-39-43(46-29-17-33-57-59(46)52-37-35-49-47-27-13-15-31-55(47)73(62(49)64(52)75-57)44-23-9-3-10-24-44)40-69-61(54)51-30-18-34-58-60(51)53-38-36-50-48-28-14-16-32-56(48)74(63(50)65(53)76-58)45-25-11-4-12-26-45/h1-40H. The summed E-state index contributed by atoms with van der Waals surface area (Å²) in [4.78, 5) is 21.3. The molecule has 8 nitrogen and oxygen atoms in total. The topological polar surface area (TPSA) is 87.7 Å². The highest BCUT2D eigenvalue weighted by Gasteiger charge is 2.26. The summed E-state index contributed by atoms with van der Waals surface area (Å²) in [5.74, 6) is 1.61. The number of benzene rings is 10. The van der Waals surface area contributed by atoms with Gasteiger partial charge in [-0.25, -0.2) is 15.0 Å². The van der Waals surface area contributed by atoms with Crippen LogP contribution in [0.15, 0.2) is 252 Å². The summed E-state index contributed by atoms with van der Waals surface area (Å²) in [7, 11) is 0. The van der Waals surface area contributed by atoms with Crippen molar-refractivity contribution in [3.05, 3.63) is 243 Å². The molecule has 0 atom stereocenters. The predicted molar refractivity (Wildman–Crippen MR) is 308 cm³/mol. The highest BCUT2D eigenvalue weighted by Crippen LogP contribution is 2.47.